The van der Waals surface area contributed by atoms with Gasteiger partial charge in [0, 0.05) is 12.0 Å². The molecule has 1 aliphatic carbocycles. The zero-order valence-electron chi connectivity index (χ0n) is 10.2. The zero-order valence-corrected chi connectivity index (χ0v) is 10.2. The van der Waals surface area contributed by atoms with Crippen LogP contribution in [0.4, 0.5) is 0 Å². The van der Waals surface area contributed by atoms with E-state index in [1.807, 2.05) is 12.1 Å². The highest BCUT2D eigenvalue weighted by atomic mass is 16.3. The Bertz CT molecular complexity index is 354. The molecule has 0 unspecified atom stereocenters. The van der Waals surface area contributed by atoms with E-state index >= 15 is 0 Å². The lowest BCUT2D eigenvalue weighted by molar-refractivity contribution is 0.274. The van der Waals surface area contributed by atoms with Crippen molar-refractivity contribution in [2.75, 3.05) is 19.6 Å². The van der Waals surface area contributed by atoms with Crippen molar-refractivity contribution >= 4 is 0 Å². The zero-order chi connectivity index (χ0) is 11.6. The molecule has 1 aliphatic rings. The summed E-state index contributed by atoms with van der Waals surface area (Å²) < 4.78 is 0. The van der Waals surface area contributed by atoms with Gasteiger partial charge in [0.05, 0.1) is 0 Å². The van der Waals surface area contributed by atoms with Gasteiger partial charge in [-0.1, -0.05) is 26.0 Å². The van der Waals surface area contributed by atoms with Crippen LogP contribution in [-0.4, -0.2) is 29.6 Å². The van der Waals surface area contributed by atoms with E-state index in [-0.39, 0.29) is 0 Å². The van der Waals surface area contributed by atoms with E-state index in [1.165, 1.54) is 18.4 Å². The van der Waals surface area contributed by atoms with E-state index in [2.05, 4.69) is 24.8 Å². The molecule has 0 aliphatic heterocycles. The van der Waals surface area contributed by atoms with Gasteiger partial charge in [-0.25, -0.2) is 0 Å². The van der Waals surface area contributed by atoms with E-state index in [4.69, 9.17) is 0 Å². The summed E-state index contributed by atoms with van der Waals surface area (Å²) >= 11 is 0. The molecule has 0 bridgehead atoms. The lowest BCUT2D eigenvalue weighted by atomic mass is 9.95. The van der Waals surface area contributed by atoms with Crippen molar-refractivity contribution in [2.45, 2.75) is 32.1 Å². The van der Waals surface area contributed by atoms with E-state index in [0.29, 0.717) is 11.2 Å². The minimum absolute atomic E-state index is 0.324. The topological polar surface area (TPSA) is 23.5 Å². The fourth-order valence-corrected chi connectivity index (χ4v) is 2.40. The van der Waals surface area contributed by atoms with Crippen molar-refractivity contribution in [3.05, 3.63) is 29.8 Å². The minimum Gasteiger partial charge on any atom is -0.508 e. The fraction of sp³-hybridized carbons (Fsp3) is 0.571. The summed E-state index contributed by atoms with van der Waals surface area (Å²) in [4.78, 5) is 2.47. The Hall–Kier alpha value is -1.02. The van der Waals surface area contributed by atoms with E-state index in [9.17, 15) is 5.11 Å². The van der Waals surface area contributed by atoms with Gasteiger partial charge in [0.1, 0.15) is 5.75 Å². The molecule has 1 fully saturated rings. The third-order valence-electron chi connectivity index (χ3n) is 3.73. The predicted octanol–water partition coefficient (Wildman–Crippen LogP) is 2.77. The molecule has 1 saturated carbocycles. The third kappa shape index (κ3) is 2.22. The van der Waals surface area contributed by atoms with E-state index < -0.39 is 0 Å². The molecule has 2 rings (SSSR count). The van der Waals surface area contributed by atoms with Gasteiger partial charge in [-0.2, -0.15) is 0 Å². The first kappa shape index (κ1) is 11.5. The van der Waals surface area contributed by atoms with Crippen molar-refractivity contribution in [3.8, 4) is 5.75 Å². The average molecular weight is 219 g/mol. The molecule has 88 valence electrons. The highest BCUT2D eigenvalue weighted by molar-refractivity contribution is 5.37. The maximum absolute atomic E-state index is 9.54. The summed E-state index contributed by atoms with van der Waals surface area (Å²) in [5.74, 6) is 0.392. The first-order valence-electron chi connectivity index (χ1n) is 6.22. The molecule has 0 atom stereocenters. The van der Waals surface area contributed by atoms with Crippen LogP contribution in [0.5, 0.6) is 5.75 Å². The lowest BCUT2D eigenvalue weighted by Gasteiger charge is -2.25. The number of phenols is 1. The summed E-state index contributed by atoms with van der Waals surface area (Å²) in [5, 5.41) is 9.54. The molecule has 2 nitrogen and oxygen atoms in total. The van der Waals surface area contributed by atoms with Crippen molar-refractivity contribution in [3.63, 3.8) is 0 Å². The Labute approximate surface area is 97.9 Å². The van der Waals surface area contributed by atoms with Gasteiger partial charge in [0.15, 0.2) is 0 Å². The molecule has 0 saturated heterocycles. The van der Waals surface area contributed by atoms with Crippen molar-refractivity contribution in [1.82, 2.24) is 4.90 Å². The number of likely N-dealkylation sites (N-methyl/N-ethyl adjacent to an activating group) is 1. The number of rotatable bonds is 5. The van der Waals surface area contributed by atoms with Crippen molar-refractivity contribution in [1.29, 1.82) is 0 Å². The average Bonchev–Trinajstić information content (AvgIpc) is 3.07. The first-order chi connectivity index (χ1) is 7.70. The van der Waals surface area contributed by atoms with Gasteiger partial charge in [0.2, 0.25) is 0 Å². The SMILES string of the molecule is CCN(CC)CC1(c2cccc(O)c2)CC1. The maximum atomic E-state index is 9.54. The summed E-state index contributed by atoms with van der Waals surface area (Å²) in [6.45, 7) is 7.77. The minimum atomic E-state index is 0.324. The highest BCUT2D eigenvalue weighted by Crippen LogP contribution is 2.49. The highest BCUT2D eigenvalue weighted by Gasteiger charge is 2.45. The molecule has 2 heteroatoms. The molecular weight excluding hydrogens is 198 g/mol. The van der Waals surface area contributed by atoms with Gasteiger partial charge in [-0.3, -0.25) is 0 Å². The number of aromatic hydroxyl groups is 1. The Morgan fingerprint density at radius 1 is 1.25 bits per heavy atom. The fourth-order valence-electron chi connectivity index (χ4n) is 2.40. The monoisotopic (exact) mass is 219 g/mol. The third-order valence-corrected chi connectivity index (χ3v) is 3.73. The van der Waals surface area contributed by atoms with Gasteiger partial charge in [0.25, 0.3) is 0 Å². The summed E-state index contributed by atoms with van der Waals surface area (Å²) in [6.07, 6.45) is 2.51. The number of hydrogen-bond donors (Lipinski definition) is 1. The molecule has 16 heavy (non-hydrogen) atoms. The van der Waals surface area contributed by atoms with Gasteiger partial charge >= 0.3 is 0 Å². The smallest absolute Gasteiger partial charge is 0.115 e. The molecule has 0 radical (unpaired) electrons. The molecule has 0 amide bonds. The van der Waals surface area contributed by atoms with Crippen LogP contribution >= 0.6 is 0 Å². The van der Waals surface area contributed by atoms with Crippen LogP contribution in [0.25, 0.3) is 0 Å². The van der Waals surface area contributed by atoms with Gasteiger partial charge in [-0.05, 0) is 43.6 Å². The Morgan fingerprint density at radius 2 is 1.94 bits per heavy atom. The molecule has 1 aromatic rings. The Morgan fingerprint density at radius 3 is 2.44 bits per heavy atom. The molecule has 0 spiro atoms. The number of hydrogen-bond acceptors (Lipinski definition) is 2. The van der Waals surface area contributed by atoms with Crippen LogP contribution in [0.2, 0.25) is 0 Å². The summed E-state index contributed by atoms with van der Waals surface area (Å²) in [5.41, 5.74) is 1.63. The van der Waals surface area contributed by atoms with Crippen molar-refractivity contribution < 1.29 is 5.11 Å². The van der Waals surface area contributed by atoms with E-state index in [1.54, 1.807) is 6.07 Å². The van der Waals surface area contributed by atoms with Crippen LogP contribution in [0.15, 0.2) is 24.3 Å². The second kappa shape index (κ2) is 4.46. The van der Waals surface area contributed by atoms with E-state index in [0.717, 1.165) is 19.6 Å². The quantitative estimate of drug-likeness (QED) is 0.823. The number of benzene rings is 1. The van der Waals surface area contributed by atoms with Crippen LogP contribution in [0.3, 0.4) is 0 Å². The van der Waals surface area contributed by atoms with Gasteiger partial charge < -0.3 is 10.0 Å². The maximum Gasteiger partial charge on any atom is 0.115 e. The van der Waals surface area contributed by atoms with Crippen LogP contribution in [-0.2, 0) is 5.41 Å². The molecular formula is C14H21NO. The predicted molar refractivity (Wildman–Crippen MR) is 66.8 cm³/mol. The van der Waals surface area contributed by atoms with Gasteiger partial charge in [-0.15, -0.1) is 0 Å². The van der Waals surface area contributed by atoms with Crippen molar-refractivity contribution in [2.24, 2.45) is 0 Å². The lowest BCUT2D eigenvalue weighted by Crippen LogP contribution is -2.32. The Kier molecular flexibility index (Phi) is 3.20. The second-order valence-electron chi connectivity index (χ2n) is 4.79. The van der Waals surface area contributed by atoms with Crippen LogP contribution in [0.1, 0.15) is 32.3 Å². The standard InChI is InChI=1S/C14H21NO/c1-3-15(4-2)11-14(8-9-14)12-6-5-7-13(16)10-12/h5-7,10,16H,3-4,8-9,11H2,1-2H3. The second-order valence-corrected chi connectivity index (χ2v) is 4.79. The van der Waals surface area contributed by atoms with Crippen LogP contribution in [0, 0.1) is 0 Å². The molecule has 0 aromatic heterocycles. The summed E-state index contributed by atoms with van der Waals surface area (Å²) in [7, 11) is 0. The normalized spacial score (nSPS) is 17.7. The molecule has 0 heterocycles. The largest absolute Gasteiger partial charge is 0.508 e. The Balaban J connectivity index is 2.13. The number of phenolic OH excluding ortho intramolecular Hbond substituents is 1. The molecule has 1 aromatic carbocycles. The number of nitrogens with zero attached hydrogens (tertiary/aromatic N) is 1. The molecule has 1 N–H and O–H groups in total. The summed E-state index contributed by atoms with van der Waals surface area (Å²) in [6, 6.07) is 7.77. The first-order valence-corrected chi connectivity index (χ1v) is 6.22. The van der Waals surface area contributed by atoms with Crippen LogP contribution < -0.4 is 0 Å².